The zero-order valence-electron chi connectivity index (χ0n) is 14.2. The van der Waals surface area contributed by atoms with Gasteiger partial charge in [0.15, 0.2) is 0 Å². The minimum Gasteiger partial charge on any atom is -0.385 e. The lowest BCUT2D eigenvalue weighted by molar-refractivity contribution is -0.124. The van der Waals surface area contributed by atoms with Gasteiger partial charge in [-0.05, 0) is 49.5 Å². The maximum absolute atomic E-state index is 13.1. The van der Waals surface area contributed by atoms with Crippen LogP contribution in [0.25, 0.3) is 0 Å². The number of benzene rings is 1. The largest absolute Gasteiger partial charge is 0.385 e. The number of rotatable bonds is 5. The molecule has 2 aromatic rings. The van der Waals surface area contributed by atoms with Crippen LogP contribution >= 0.6 is 0 Å². The minimum atomic E-state index is -0.625. The number of primary amides is 1. The first-order chi connectivity index (χ1) is 12.0. The summed E-state index contributed by atoms with van der Waals surface area (Å²) in [5, 5.41) is 10.6. The van der Waals surface area contributed by atoms with Gasteiger partial charge in [-0.25, -0.2) is 9.37 Å². The van der Waals surface area contributed by atoms with Gasteiger partial charge in [-0.3, -0.25) is 9.69 Å². The van der Waals surface area contributed by atoms with E-state index < -0.39 is 18.1 Å². The van der Waals surface area contributed by atoms with Crippen LogP contribution in [0.3, 0.4) is 0 Å². The van der Waals surface area contributed by atoms with Crippen molar-refractivity contribution in [1.82, 2.24) is 14.5 Å². The van der Waals surface area contributed by atoms with Crippen LogP contribution in [0, 0.1) is 11.7 Å². The zero-order chi connectivity index (χ0) is 18.0. The molecular weight excluding hydrogens is 323 g/mol. The third-order valence-corrected chi connectivity index (χ3v) is 4.96. The molecule has 0 spiro atoms. The Morgan fingerprint density at radius 2 is 1.96 bits per heavy atom. The van der Waals surface area contributed by atoms with Crippen molar-refractivity contribution in [2.75, 3.05) is 13.1 Å². The van der Waals surface area contributed by atoms with Crippen LogP contribution in [0.15, 0.2) is 36.7 Å². The Kier molecular flexibility index (Phi) is 5.15. The molecule has 3 N–H and O–H groups in total. The quantitative estimate of drug-likeness (QED) is 0.860. The number of hydrogen-bond donors (Lipinski definition) is 2. The molecular formula is C18H23FN4O2. The molecule has 1 aromatic carbocycles. The lowest BCUT2D eigenvalue weighted by atomic mass is 9.89. The Bertz CT molecular complexity index is 723. The van der Waals surface area contributed by atoms with Crippen LogP contribution in [-0.4, -0.2) is 38.6 Å². The standard InChI is InChI=1S/C18H23FN4O2/c1-22-11-8-21-18(22)16(24)13-6-9-23(10-7-13)15(17(20)25)12-2-4-14(19)5-3-12/h2-5,8,11,13,15-16,24H,6-7,9-10H2,1H3,(H2,20,25)/t15-,16+/m1/s1. The summed E-state index contributed by atoms with van der Waals surface area (Å²) in [6, 6.07) is 5.29. The number of aromatic nitrogens is 2. The zero-order valence-corrected chi connectivity index (χ0v) is 14.2. The van der Waals surface area contributed by atoms with Crippen molar-refractivity contribution in [1.29, 1.82) is 0 Å². The molecule has 1 aliphatic rings. The monoisotopic (exact) mass is 346 g/mol. The van der Waals surface area contributed by atoms with Crippen molar-refractivity contribution >= 4 is 5.91 Å². The Hall–Kier alpha value is -2.25. The Labute approximate surface area is 146 Å². The molecule has 0 unspecified atom stereocenters. The number of carbonyl (C=O) groups excluding carboxylic acids is 1. The topological polar surface area (TPSA) is 84.4 Å². The third-order valence-electron chi connectivity index (χ3n) is 4.96. The van der Waals surface area contributed by atoms with E-state index in [1.807, 2.05) is 22.7 Å². The molecule has 134 valence electrons. The Morgan fingerprint density at radius 3 is 2.48 bits per heavy atom. The first-order valence-electron chi connectivity index (χ1n) is 8.41. The highest BCUT2D eigenvalue weighted by molar-refractivity contribution is 5.81. The minimum absolute atomic E-state index is 0.0825. The fourth-order valence-electron chi connectivity index (χ4n) is 3.57. The molecule has 0 bridgehead atoms. The highest BCUT2D eigenvalue weighted by Gasteiger charge is 2.33. The molecule has 0 radical (unpaired) electrons. The van der Waals surface area contributed by atoms with Crippen molar-refractivity contribution in [2.45, 2.75) is 25.0 Å². The molecule has 6 nitrogen and oxygen atoms in total. The number of likely N-dealkylation sites (tertiary alicyclic amines) is 1. The van der Waals surface area contributed by atoms with E-state index in [9.17, 15) is 14.3 Å². The van der Waals surface area contributed by atoms with E-state index in [-0.39, 0.29) is 11.7 Å². The second kappa shape index (κ2) is 7.33. The second-order valence-electron chi connectivity index (χ2n) is 6.57. The first-order valence-corrected chi connectivity index (χ1v) is 8.41. The number of nitrogens with zero attached hydrogens (tertiary/aromatic N) is 3. The first kappa shape index (κ1) is 17.6. The summed E-state index contributed by atoms with van der Waals surface area (Å²) >= 11 is 0. The highest BCUT2D eigenvalue weighted by Crippen LogP contribution is 2.33. The van der Waals surface area contributed by atoms with E-state index in [0.717, 1.165) is 12.8 Å². The Morgan fingerprint density at radius 1 is 1.32 bits per heavy atom. The van der Waals surface area contributed by atoms with Gasteiger partial charge in [-0.1, -0.05) is 12.1 Å². The van der Waals surface area contributed by atoms with Gasteiger partial charge in [0.1, 0.15) is 23.8 Å². The summed E-state index contributed by atoms with van der Waals surface area (Å²) in [5.41, 5.74) is 6.28. The molecule has 3 rings (SSSR count). The van der Waals surface area contributed by atoms with Gasteiger partial charge >= 0.3 is 0 Å². The van der Waals surface area contributed by atoms with E-state index >= 15 is 0 Å². The van der Waals surface area contributed by atoms with E-state index in [0.29, 0.717) is 24.5 Å². The summed E-state index contributed by atoms with van der Waals surface area (Å²) in [4.78, 5) is 18.2. The van der Waals surface area contributed by atoms with E-state index in [1.165, 1.54) is 12.1 Å². The summed E-state index contributed by atoms with van der Waals surface area (Å²) < 4.78 is 15.0. The number of hydrogen-bond acceptors (Lipinski definition) is 4. The number of aliphatic hydroxyl groups is 1. The molecule has 2 heterocycles. The van der Waals surface area contributed by atoms with Gasteiger partial charge in [0.25, 0.3) is 0 Å². The lowest BCUT2D eigenvalue weighted by Gasteiger charge is -2.37. The number of nitrogens with two attached hydrogens (primary N) is 1. The number of carbonyl (C=O) groups is 1. The van der Waals surface area contributed by atoms with Gasteiger partial charge in [0, 0.05) is 19.4 Å². The van der Waals surface area contributed by atoms with Gasteiger partial charge in [-0.15, -0.1) is 0 Å². The van der Waals surface area contributed by atoms with Crippen LogP contribution in [0.2, 0.25) is 0 Å². The highest BCUT2D eigenvalue weighted by atomic mass is 19.1. The normalized spacial score (nSPS) is 18.8. The smallest absolute Gasteiger partial charge is 0.239 e. The number of piperidine rings is 1. The average Bonchev–Trinajstić information content (AvgIpc) is 3.02. The summed E-state index contributed by atoms with van der Waals surface area (Å²) in [7, 11) is 1.86. The predicted molar refractivity (Wildman–Crippen MR) is 90.8 cm³/mol. The van der Waals surface area contributed by atoms with Crippen molar-refractivity contribution in [2.24, 2.45) is 18.7 Å². The summed E-state index contributed by atoms with van der Waals surface area (Å²) in [6.45, 7) is 1.27. The number of aryl methyl sites for hydroxylation is 1. The molecule has 2 atom stereocenters. The SMILES string of the molecule is Cn1ccnc1[C@@H](O)C1CCN([C@@H](C(N)=O)c2ccc(F)cc2)CC1. The second-order valence-corrected chi connectivity index (χ2v) is 6.57. The summed E-state index contributed by atoms with van der Waals surface area (Å²) in [6.07, 6.45) is 4.33. The van der Waals surface area contributed by atoms with Gasteiger partial charge in [0.05, 0.1) is 0 Å². The van der Waals surface area contributed by atoms with Crippen LogP contribution in [0.1, 0.15) is 36.4 Å². The van der Waals surface area contributed by atoms with Gasteiger partial charge in [-0.2, -0.15) is 0 Å². The third kappa shape index (κ3) is 3.72. The molecule has 7 heteroatoms. The molecule has 25 heavy (non-hydrogen) atoms. The van der Waals surface area contributed by atoms with Crippen LogP contribution < -0.4 is 5.73 Å². The molecule has 1 aromatic heterocycles. The van der Waals surface area contributed by atoms with Crippen molar-refractivity contribution in [3.05, 3.63) is 53.9 Å². The van der Waals surface area contributed by atoms with E-state index in [2.05, 4.69) is 4.98 Å². The maximum atomic E-state index is 13.1. The van der Waals surface area contributed by atoms with Crippen molar-refractivity contribution in [3.63, 3.8) is 0 Å². The van der Waals surface area contributed by atoms with Crippen LogP contribution in [0.5, 0.6) is 0 Å². The fraction of sp³-hybridized carbons (Fsp3) is 0.444. The number of imidazole rings is 1. The fourth-order valence-corrected chi connectivity index (χ4v) is 3.57. The average molecular weight is 346 g/mol. The van der Waals surface area contributed by atoms with Gasteiger partial charge < -0.3 is 15.4 Å². The van der Waals surface area contributed by atoms with E-state index in [4.69, 9.17) is 5.73 Å². The van der Waals surface area contributed by atoms with Gasteiger partial charge in [0.2, 0.25) is 5.91 Å². The number of amides is 1. The predicted octanol–water partition coefficient (Wildman–Crippen LogP) is 1.53. The Balaban J connectivity index is 1.68. The summed E-state index contributed by atoms with van der Waals surface area (Å²) in [5.74, 6) is -0.0545. The van der Waals surface area contributed by atoms with Crippen LogP contribution in [-0.2, 0) is 11.8 Å². The number of halogens is 1. The van der Waals surface area contributed by atoms with Crippen molar-refractivity contribution < 1.29 is 14.3 Å². The van der Waals surface area contributed by atoms with E-state index in [1.54, 1.807) is 18.3 Å². The molecule has 1 fully saturated rings. The molecule has 0 saturated carbocycles. The van der Waals surface area contributed by atoms with Crippen LogP contribution in [0.4, 0.5) is 4.39 Å². The van der Waals surface area contributed by atoms with Crippen molar-refractivity contribution in [3.8, 4) is 0 Å². The molecule has 1 aliphatic heterocycles. The maximum Gasteiger partial charge on any atom is 0.239 e. The molecule has 1 amide bonds. The molecule has 1 saturated heterocycles. The lowest BCUT2D eigenvalue weighted by Crippen LogP contribution is -2.43. The number of aliphatic hydroxyl groups excluding tert-OH is 1. The molecule has 0 aliphatic carbocycles.